The number of nitrogens with one attached hydrogen (secondary N) is 2. The summed E-state index contributed by atoms with van der Waals surface area (Å²) in [5.41, 5.74) is 1.31. The van der Waals surface area contributed by atoms with E-state index in [1.165, 1.54) is 38.2 Å². The average molecular weight is 221 g/mol. The fourth-order valence-corrected chi connectivity index (χ4v) is 2.49. The summed E-state index contributed by atoms with van der Waals surface area (Å²) >= 11 is 0. The van der Waals surface area contributed by atoms with Crippen LogP contribution in [-0.4, -0.2) is 36.6 Å². The number of rotatable bonds is 4. The van der Waals surface area contributed by atoms with Crippen molar-refractivity contribution in [3.8, 4) is 0 Å². The zero-order valence-electron chi connectivity index (χ0n) is 10.4. The molecule has 3 heteroatoms. The first-order valence-electron chi connectivity index (χ1n) is 6.31. The van der Waals surface area contributed by atoms with E-state index in [9.17, 15) is 0 Å². The van der Waals surface area contributed by atoms with Crippen LogP contribution in [0.4, 0.5) is 0 Å². The average Bonchev–Trinajstić information content (AvgIpc) is 2.83. The first-order chi connectivity index (χ1) is 7.77. The highest BCUT2D eigenvalue weighted by atomic mass is 15.1. The summed E-state index contributed by atoms with van der Waals surface area (Å²) < 4.78 is 0. The van der Waals surface area contributed by atoms with Gasteiger partial charge in [-0.05, 0) is 58.0 Å². The first kappa shape index (κ1) is 11.7. The molecule has 0 saturated carbocycles. The Bertz CT molecular complexity index is 288. The molecule has 2 rings (SSSR count). The molecule has 1 aliphatic rings. The molecule has 0 radical (unpaired) electrons. The molecule has 0 aromatic carbocycles. The summed E-state index contributed by atoms with van der Waals surface area (Å²) in [6, 6.07) is 4.72. The van der Waals surface area contributed by atoms with E-state index in [0.717, 1.165) is 5.92 Å². The van der Waals surface area contributed by atoms with Crippen LogP contribution in [0.5, 0.6) is 0 Å². The topological polar surface area (TPSA) is 31.1 Å². The van der Waals surface area contributed by atoms with Crippen LogP contribution in [0.3, 0.4) is 0 Å². The molecular weight excluding hydrogens is 198 g/mol. The van der Waals surface area contributed by atoms with E-state index in [0.29, 0.717) is 6.04 Å². The third-order valence-corrected chi connectivity index (χ3v) is 3.68. The van der Waals surface area contributed by atoms with Gasteiger partial charge < -0.3 is 10.3 Å². The van der Waals surface area contributed by atoms with Gasteiger partial charge in [0.2, 0.25) is 0 Å². The molecule has 1 fully saturated rings. The van der Waals surface area contributed by atoms with E-state index < -0.39 is 0 Å². The Kier molecular flexibility index (Phi) is 4.02. The number of hydrogen-bond acceptors (Lipinski definition) is 2. The highest BCUT2D eigenvalue weighted by molar-refractivity contribution is 5.08. The zero-order valence-corrected chi connectivity index (χ0v) is 10.4. The maximum absolute atomic E-state index is 3.48. The van der Waals surface area contributed by atoms with E-state index >= 15 is 0 Å². The molecule has 1 aromatic heterocycles. The maximum Gasteiger partial charge on any atom is 0.0467 e. The Morgan fingerprint density at radius 3 is 3.06 bits per heavy atom. The molecule has 2 N–H and O–H groups in total. The van der Waals surface area contributed by atoms with Gasteiger partial charge in [0.05, 0.1) is 0 Å². The van der Waals surface area contributed by atoms with E-state index in [-0.39, 0.29) is 0 Å². The summed E-state index contributed by atoms with van der Waals surface area (Å²) in [6.07, 6.45) is 4.70. The van der Waals surface area contributed by atoms with Crippen molar-refractivity contribution in [1.29, 1.82) is 0 Å². The molecule has 90 valence electrons. The van der Waals surface area contributed by atoms with E-state index in [2.05, 4.69) is 41.3 Å². The minimum atomic E-state index is 0.483. The summed E-state index contributed by atoms with van der Waals surface area (Å²) in [6.45, 7) is 5.84. The highest BCUT2D eigenvalue weighted by Crippen LogP contribution is 2.19. The SMILES string of the molecule is CC(c1ccc[nH]1)N(C)CC1CCCNC1. The Labute approximate surface area is 98.2 Å². The normalized spacial score (nSPS) is 23.6. The lowest BCUT2D eigenvalue weighted by molar-refractivity contribution is 0.197. The number of H-pyrrole nitrogens is 1. The fourth-order valence-electron chi connectivity index (χ4n) is 2.49. The van der Waals surface area contributed by atoms with Crippen molar-refractivity contribution in [2.75, 3.05) is 26.7 Å². The summed E-state index contributed by atoms with van der Waals surface area (Å²) in [4.78, 5) is 5.75. The minimum absolute atomic E-state index is 0.483. The number of nitrogens with zero attached hydrogens (tertiary/aromatic N) is 1. The summed E-state index contributed by atoms with van der Waals surface area (Å²) in [5, 5.41) is 3.48. The monoisotopic (exact) mass is 221 g/mol. The van der Waals surface area contributed by atoms with Crippen LogP contribution in [0.1, 0.15) is 31.5 Å². The maximum atomic E-state index is 3.48. The Morgan fingerprint density at radius 1 is 1.56 bits per heavy atom. The first-order valence-corrected chi connectivity index (χ1v) is 6.31. The Hall–Kier alpha value is -0.800. The van der Waals surface area contributed by atoms with Crippen LogP contribution < -0.4 is 5.32 Å². The molecule has 3 nitrogen and oxygen atoms in total. The highest BCUT2D eigenvalue weighted by Gasteiger charge is 2.18. The van der Waals surface area contributed by atoms with Gasteiger partial charge in [0.25, 0.3) is 0 Å². The number of aromatic nitrogens is 1. The third kappa shape index (κ3) is 2.86. The molecule has 1 aromatic rings. The van der Waals surface area contributed by atoms with E-state index in [1.807, 2.05) is 6.20 Å². The van der Waals surface area contributed by atoms with Gasteiger partial charge in [-0.15, -0.1) is 0 Å². The number of aromatic amines is 1. The van der Waals surface area contributed by atoms with Gasteiger partial charge in [-0.1, -0.05) is 0 Å². The molecule has 0 bridgehead atoms. The van der Waals surface area contributed by atoms with Gasteiger partial charge in [-0.3, -0.25) is 4.90 Å². The van der Waals surface area contributed by atoms with Crippen molar-refractivity contribution in [2.45, 2.75) is 25.8 Å². The molecule has 0 aliphatic carbocycles. The zero-order chi connectivity index (χ0) is 11.4. The quantitative estimate of drug-likeness (QED) is 0.815. The lowest BCUT2D eigenvalue weighted by atomic mass is 9.98. The largest absolute Gasteiger partial charge is 0.364 e. The van der Waals surface area contributed by atoms with Crippen molar-refractivity contribution in [2.24, 2.45) is 5.92 Å². The lowest BCUT2D eigenvalue weighted by Gasteiger charge is -2.31. The molecule has 0 spiro atoms. The molecule has 1 saturated heterocycles. The van der Waals surface area contributed by atoms with Gasteiger partial charge in [-0.2, -0.15) is 0 Å². The molecule has 0 amide bonds. The Balaban J connectivity index is 1.84. The summed E-state index contributed by atoms with van der Waals surface area (Å²) in [5.74, 6) is 0.816. The predicted octanol–water partition coefficient (Wildman–Crippen LogP) is 2.01. The van der Waals surface area contributed by atoms with Crippen molar-refractivity contribution < 1.29 is 0 Å². The van der Waals surface area contributed by atoms with Crippen LogP contribution in [0.25, 0.3) is 0 Å². The van der Waals surface area contributed by atoms with Gasteiger partial charge in [-0.25, -0.2) is 0 Å². The molecule has 2 heterocycles. The molecule has 2 atom stereocenters. The molecule has 16 heavy (non-hydrogen) atoms. The van der Waals surface area contributed by atoms with Crippen molar-refractivity contribution in [3.05, 3.63) is 24.0 Å². The van der Waals surface area contributed by atoms with Crippen LogP contribution in [-0.2, 0) is 0 Å². The van der Waals surface area contributed by atoms with Gasteiger partial charge in [0.1, 0.15) is 0 Å². The second-order valence-electron chi connectivity index (χ2n) is 4.95. The second kappa shape index (κ2) is 5.51. The van der Waals surface area contributed by atoms with E-state index in [1.54, 1.807) is 0 Å². The number of piperidine rings is 1. The standard InChI is InChI=1S/C13H23N3/c1-11(13-6-4-8-15-13)16(2)10-12-5-3-7-14-9-12/h4,6,8,11-12,14-15H,3,5,7,9-10H2,1-2H3. The van der Waals surface area contributed by atoms with Gasteiger partial charge in [0.15, 0.2) is 0 Å². The predicted molar refractivity (Wildman–Crippen MR) is 67.4 cm³/mol. The van der Waals surface area contributed by atoms with Crippen molar-refractivity contribution in [3.63, 3.8) is 0 Å². The van der Waals surface area contributed by atoms with Crippen LogP contribution in [0.15, 0.2) is 18.3 Å². The smallest absolute Gasteiger partial charge is 0.0467 e. The van der Waals surface area contributed by atoms with Crippen molar-refractivity contribution in [1.82, 2.24) is 15.2 Å². The van der Waals surface area contributed by atoms with Crippen LogP contribution in [0, 0.1) is 5.92 Å². The summed E-state index contributed by atoms with van der Waals surface area (Å²) in [7, 11) is 2.22. The minimum Gasteiger partial charge on any atom is -0.364 e. The molecule has 1 aliphatic heterocycles. The Morgan fingerprint density at radius 2 is 2.44 bits per heavy atom. The van der Waals surface area contributed by atoms with Crippen LogP contribution >= 0.6 is 0 Å². The van der Waals surface area contributed by atoms with E-state index in [4.69, 9.17) is 0 Å². The number of hydrogen-bond donors (Lipinski definition) is 2. The van der Waals surface area contributed by atoms with Crippen LogP contribution in [0.2, 0.25) is 0 Å². The van der Waals surface area contributed by atoms with Gasteiger partial charge >= 0.3 is 0 Å². The molecule has 2 unspecified atom stereocenters. The fraction of sp³-hybridized carbons (Fsp3) is 0.692. The molecular formula is C13H23N3. The lowest BCUT2D eigenvalue weighted by Crippen LogP contribution is -2.37. The van der Waals surface area contributed by atoms with Gasteiger partial charge in [0, 0.05) is 24.5 Å². The second-order valence-corrected chi connectivity index (χ2v) is 4.95. The third-order valence-electron chi connectivity index (χ3n) is 3.68. The van der Waals surface area contributed by atoms with Crippen molar-refractivity contribution >= 4 is 0 Å².